The summed E-state index contributed by atoms with van der Waals surface area (Å²) in [7, 11) is 0. The maximum Gasteiger partial charge on any atom is 0.253 e. The zero-order valence-corrected chi connectivity index (χ0v) is 19.2. The minimum atomic E-state index is 0.0792. The molecule has 166 valence electrons. The van der Waals surface area contributed by atoms with Crippen molar-refractivity contribution in [3.8, 4) is 0 Å². The molecule has 0 aliphatic carbocycles. The predicted octanol–water partition coefficient (Wildman–Crippen LogP) is 4.18. The Hall–Kier alpha value is -3.48. The highest BCUT2D eigenvalue weighted by atomic mass is 16.2. The summed E-state index contributed by atoms with van der Waals surface area (Å²) < 4.78 is 0. The molecule has 2 aromatic heterocycles. The molecule has 32 heavy (non-hydrogen) atoms. The number of carbonyl (C=O) groups is 1. The van der Waals surface area contributed by atoms with Crippen LogP contribution in [0.1, 0.15) is 42.3 Å². The number of hydrogen-bond acceptors (Lipinski definition) is 6. The number of anilines is 3. The highest BCUT2D eigenvalue weighted by Crippen LogP contribution is 2.23. The fourth-order valence-corrected chi connectivity index (χ4v) is 3.73. The van der Waals surface area contributed by atoms with Crippen molar-refractivity contribution < 1.29 is 4.79 Å². The van der Waals surface area contributed by atoms with E-state index < -0.39 is 0 Å². The van der Waals surface area contributed by atoms with Gasteiger partial charge in [-0.2, -0.15) is 0 Å². The van der Waals surface area contributed by atoms with Crippen LogP contribution in [-0.4, -0.2) is 52.2 Å². The predicted molar refractivity (Wildman–Crippen MR) is 128 cm³/mol. The van der Waals surface area contributed by atoms with E-state index in [1.807, 2.05) is 48.2 Å². The van der Waals surface area contributed by atoms with Crippen molar-refractivity contribution in [1.82, 2.24) is 20.1 Å². The van der Waals surface area contributed by atoms with E-state index in [1.54, 1.807) is 6.20 Å². The number of pyridine rings is 1. The third kappa shape index (κ3) is 5.04. The number of nitrogens with zero attached hydrogens (tertiary/aromatic N) is 5. The molecule has 1 aliphatic rings. The molecule has 0 saturated carbocycles. The third-order valence-corrected chi connectivity index (χ3v) is 5.71. The van der Waals surface area contributed by atoms with Gasteiger partial charge in [-0.25, -0.2) is 4.98 Å². The van der Waals surface area contributed by atoms with Crippen LogP contribution in [0.5, 0.6) is 0 Å². The average molecular weight is 431 g/mol. The lowest BCUT2D eigenvalue weighted by Gasteiger charge is -2.35. The van der Waals surface area contributed by atoms with Crippen LogP contribution in [-0.2, 0) is 5.41 Å². The average Bonchev–Trinajstić information content (AvgIpc) is 2.79. The number of nitrogens with one attached hydrogen (secondary N) is 1. The second-order valence-corrected chi connectivity index (χ2v) is 9.23. The number of benzene rings is 1. The second kappa shape index (κ2) is 8.94. The van der Waals surface area contributed by atoms with E-state index in [4.69, 9.17) is 0 Å². The number of carbonyl (C=O) groups excluding carboxylic acids is 1. The number of piperazine rings is 1. The van der Waals surface area contributed by atoms with E-state index in [0.717, 1.165) is 35.9 Å². The van der Waals surface area contributed by atoms with Crippen LogP contribution in [0.25, 0.3) is 0 Å². The summed E-state index contributed by atoms with van der Waals surface area (Å²) >= 11 is 0. The van der Waals surface area contributed by atoms with E-state index >= 15 is 0 Å². The van der Waals surface area contributed by atoms with Gasteiger partial charge in [-0.05, 0) is 59.9 Å². The number of rotatable bonds is 4. The highest BCUT2D eigenvalue weighted by molar-refractivity contribution is 5.94. The van der Waals surface area contributed by atoms with Crippen LogP contribution in [0.4, 0.5) is 17.5 Å². The lowest BCUT2D eigenvalue weighted by Crippen LogP contribution is -2.49. The van der Waals surface area contributed by atoms with Gasteiger partial charge in [0.15, 0.2) is 11.6 Å². The van der Waals surface area contributed by atoms with Crippen molar-refractivity contribution in [2.24, 2.45) is 0 Å². The van der Waals surface area contributed by atoms with Crippen LogP contribution >= 0.6 is 0 Å². The van der Waals surface area contributed by atoms with Gasteiger partial charge >= 0.3 is 0 Å². The molecule has 1 amide bonds. The molecule has 3 heterocycles. The molecule has 0 radical (unpaired) electrons. The summed E-state index contributed by atoms with van der Waals surface area (Å²) in [5.41, 5.74) is 3.18. The van der Waals surface area contributed by atoms with E-state index in [1.165, 1.54) is 5.56 Å². The number of aryl methyl sites for hydroxylation is 1. The van der Waals surface area contributed by atoms with E-state index in [-0.39, 0.29) is 11.3 Å². The Bertz CT molecular complexity index is 1060. The summed E-state index contributed by atoms with van der Waals surface area (Å²) in [6.45, 7) is 11.3. The van der Waals surface area contributed by atoms with Gasteiger partial charge in [-0.15, -0.1) is 10.2 Å². The fourth-order valence-electron chi connectivity index (χ4n) is 3.73. The molecule has 0 atom stereocenters. The third-order valence-electron chi connectivity index (χ3n) is 5.71. The lowest BCUT2D eigenvalue weighted by molar-refractivity contribution is 0.0746. The van der Waals surface area contributed by atoms with Gasteiger partial charge in [0, 0.05) is 37.9 Å². The number of amides is 1. The van der Waals surface area contributed by atoms with Gasteiger partial charge in [0.1, 0.15) is 5.82 Å². The van der Waals surface area contributed by atoms with Crippen LogP contribution in [0.2, 0.25) is 0 Å². The first-order valence-electron chi connectivity index (χ1n) is 11.0. The minimum Gasteiger partial charge on any atom is -0.352 e. The normalized spacial score (nSPS) is 14.4. The van der Waals surface area contributed by atoms with Crippen LogP contribution < -0.4 is 10.2 Å². The Balaban J connectivity index is 1.33. The van der Waals surface area contributed by atoms with Crippen molar-refractivity contribution in [3.63, 3.8) is 0 Å². The summed E-state index contributed by atoms with van der Waals surface area (Å²) in [6.07, 6.45) is 1.76. The summed E-state index contributed by atoms with van der Waals surface area (Å²) in [5.74, 6) is 2.30. The molecule has 4 rings (SSSR count). The zero-order valence-electron chi connectivity index (χ0n) is 19.2. The first-order chi connectivity index (χ1) is 15.3. The first kappa shape index (κ1) is 21.7. The van der Waals surface area contributed by atoms with Gasteiger partial charge < -0.3 is 15.1 Å². The summed E-state index contributed by atoms with van der Waals surface area (Å²) in [5, 5.41) is 11.8. The second-order valence-electron chi connectivity index (χ2n) is 9.23. The number of aromatic nitrogens is 3. The number of hydrogen-bond donors (Lipinski definition) is 1. The topological polar surface area (TPSA) is 74.2 Å². The Morgan fingerprint density at radius 2 is 1.62 bits per heavy atom. The molecular weight excluding hydrogens is 400 g/mol. The molecule has 1 aliphatic heterocycles. The molecule has 3 aromatic rings. The molecule has 1 fully saturated rings. The van der Waals surface area contributed by atoms with Crippen LogP contribution in [0.3, 0.4) is 0 Å². The standard InChI is InChI=1S/C25H30N6O/c1-18-11-12-26-22(17-18)27-21-9-10-23(29-28-21)30-13-15-31(16-14-30)24(32)19-5-7-20(8-6-19)25(2,3)4/h5-12,17H,13-16H2,1-4H3,(H,26,27,28). The minimum absolute atomic E-state index is 0.0792. The maximum atomic E-state index is 12.9. The van der Waals surface area contributed by atoms with Crippen molar-refractivity contribution >= 4 is 23.4 Å². The van der Waals surface area contributed by atoms with Gasteiger partial charge in [0.05, 0.1) is 0 Å². The van der Waals surface area contributed by atoms with E-state index in [9.17, 15) is 4.79 Å². The van der Waals surface area contributed by atoms with Gasteiger partial charge in [0.25, 0.3) is 5.91 Å². The Morgan fingerprint density at radius 1 is 0.906 bits per heavy atom. The monoisotopic (exact) mass is 430 g/mol. The van der Waals surface area contributed by atoms with Gasteiger partial charge in [-0.3, -0.25) is 4.79 Å². The SMILES string of the molecule is Cc1ccnc(Nc2ccc(N3CCN(C(=O)c4ccc(C(C)(C)C)cc4)CC3)nn2)c1. The maximum absolute atomic E-state index is 12.9. The quantitative estimate of drug-likeness (QED) is 0.669. The molecule has 0 spiro atoms. The largest absolute Gasteiger partial charge is 0.352 e. The summed E-state index contributed by atoms with van der Waals surface area (Å²) in [4.78, 5) is 21.3. The van der Waals surface area contributed by atoms with Gasteiger partial charge in [0.2, 0.25) is 0 Å². The van der Waals surface area contributed by atoms with Crippen molar-refractivity contribution in [2.75, 3.05) is 36.4 Å². The van der Waals surface area contributed by atoms with Crippen molar-refractivity contribution in [2.45, 2.75) is 33.1 Å². The Labute approximate surface area is 189 Å². The molecule has 7 nitrogen and oxygen atoms in total. The molecule has 1 aromatic carbocycles. The smallest absolute Gasteiger partial charge is 0.253 e. The lowest BCUT2D eigenvalue weighted by atomic mass is 9.86. The van der Waals surface area contributed by atoms with Crippen molar-refractivity contribution in [1.29, 1.82) is 0 Å². The molecular formula is C25H30N6O. The Morgan fingerprint density at radius 3 is 2.22 bits per heavy atom. The molecule has 0 unspecified atom stereocenters. The molecule has 1 N–H and O–H groups in total. The first-order valence-corrected chi connectivity index (χ1v) is 11.0. The van der Waals surface area contributed by atoms with Crippen LogP contribution in [0, 0.1) is 6.92 Å². The van der Waals surface area contributed by atoms with Crippen LogP contribution in [0.15, 0.2) is 54.7 Å². The van der Waals surface area contributed by atoms with Crippen molar-refractivity contribution in [3.05, 3.63) is 71.4 Å². The summed E-state index contributed by atoms with van der Waals surface area (Å²) in [6, 6.07) is 15.8. The molecule has 1 saturated heterocycles. The highest BCUT2D eigenvalue weighted by Gasteiger charge is 2.23. The fraction of sp³-hybridized carbons (Fsp3) is 0.360. The van der Waals surface area contributed by atoms with E-state index in [0.29, 0.717) is 18.9 Å². The van der Waals surface area contributed by atoms with Gasteiger partial charge in [-0.1, -0.05) is 32.9 Å². The zero-order chi connectivity index (χ0) is 22.7. The van der Waals surface area contributed by atoms with E-state index in [2.05, 4.69) is 58.3 Å². The molecule has 0 bridgehead atoms. The molecule has 7 heteroatoms. The Kier molecular flexibility index (Phi) is 6.08.